The van der Waals surface area contributed by atoms with Gasteiger partial charge in [-0.15, -0.1) is 0 Å². The largest absolute Gasteiger partial charge is 0.466 e. The molecule has 0 spiro atoms. The van der Waals surface area contributed by atoms with Crippen molar-refractivity contribution in [3.05, 3.63) is 35.6 Å². The fourth-order valence-corrected chi connectivity index (χ4v) is 1.78. The Hall–Kier alpha value is -1.38. The van der Waals surface area contributed by atoms with Crippen LogP contribution in [0.4, 0.5) is 4.39 Å². The van der Waals surface area contributed by atoms with Gasteiger partial charge in [0.15, 0.2) is 0 Å². The van der Waals surface area contributed by atoms with Crippen LogP contribution < -0.4 is 0 Å². The Balaban J connectivity index is 1.98. The van der Waals surface area contributed by atoms with Crippen LogP contribution in [0.2, 0.25) is 0 Å². The van der Waals surface area contributed by atoms with Crippen molar-refractivity contribution in [1.29, 1.82) is 0 Å². The molecule has 0 saturated heterocycles. The van der Waals surface area contributed by atoms with Gasteiger partial charge in [0, 0.05) is 0 Å². The molecule has 2 rings (SSSR count). The van der Waals surface area contributed by atoms with Crippen molar-refractivity contribution in [3.63, 3.8) is 0 Å². The maximum atomic E-state index is 12.7. The van der Waals surface area contributed by atoms with E-state index in [0.717, 1.165) is 12.0 Å². The van der Waals surface area contributed by atoms with Crippen LogP contribution in [0, 0.1) is 11.7 Å². The first kappa shape index (κ1) is 10.1. The topological polar surface area (TPSA) is 26.3 Å². The molecule has 1 fully saturated rings. The summed E-state index contributed by atoms with van der Waals surface area (Å²) in [6.07, 6.45) is 0.824. The van der Waals surface area contributed by atoms with Gasteiger partial charge in [-0.1, -0.05) is 12.1 Å². The van der Waals surface area contributed by atoms with E-state index in [1.807, 2.05) is 0 Å². The van der Waals surface area contributed by atoms with Crippen molar-refractivity contribution < 1.29 is 13.9 Å². The SMILES string of the molecule is CCOC(=O)[C@@H]1C[C@@H]1c1ccc(F)cc1. The van der Waals surface area contributed by atoms with E-state index >= 15 is 0 Å². The number of carbonyl (C=O) groups excluding carboxylic acids is 1. The van der Waals surface area contributed by atoms with Gasteiger partial charge < -0.3 is 4.74 Å². The summed E-state index contributed by atoms with van der Waals surface area (Å²) in [6.45, 7) is 2.22. The normalized spacial score (nSPS) is 23.6. The van der Waals surface area contributed by atoms with Crippen molar-refractivity contribution in [2.45, 2.75) is 19.3 Å². The zero-order valence-electron chi connectivity index (χ0n) is 8.57. The van der Waals surface area contributed by atoms with Gasteiger partial charge in [-0.05, 0) is 37.0 Å². The van der Waals surface area contributed by atoms with Crippen molar-refractivity contribution in [3.8, 4) is 0 Å². The minimum atomic E-state index is -0.243. The summed E-state index contributed by atoms with van der Waals surface area (Å²) in [4.78, 5) is 11.4. The van der Waals surface area contributed by atoms with Gasteiger partial charge in [0.2, 0.25) is 0 Å². The lowest BCUT2D eigenvalue weighted by molar-refractivity contribution is -0.144. The van der Waals surface area contributed by atoms with Gasteiger partial charge >= 0.3 is 5.97 Å². The molecule has 0 N–H and O–H groups in total. The molecule has 1 aliphatic rings. The number of carbonyl (C=O) groups is 1. The number of benzene rings is 1. The smallest absolute Gasteiger partial charge is 0.309 e. The second kappa shape index (κ2) is 4.01. The van der Waals surface area contributed by atoms with Gasteiger partial charge in [0.05, 0.1) is 12.5 Å². The molecule has 1 aromatic carbocycles. The zero-order chi connectivity index (χ0) is 10.8. The number of halogens is 1. The molecule has 15 heavy (non-hydrogen) atoms. The van der Waals surface area contributed by atoms with E-state index in [2.05, 4.69) is 0 Å². The van der Waals surface area contributed by atoms with Crippen LogP contribution >= 0.6 is 0 Å². The summed E-state index contributed by atoms with van der Waals surface area (Å²) in [5, 5.41) is 0. The van der Waals surface area contributed by atoms with E-state index in [1.54, 1.807) is 19.1 Å². The Morgan fingerprint density at radius 3 is 2.73 bits per heavy atom. The van der Waals surface area contributed by atoms with Gasteiger partial charge in [-0.3, -0.25) is 4.79 Å². The first-order chi connectivity index (χ1) is 7.22. The molecule has 80 valence electrons. The van der Waals surface area contributed by atoms with E-state index in [4.69, 9.17) is 4.74 Å². The fourth-order valence-electron chi connectivity index (χ4n) is 1.78. The van der Waals surface area contributed by atoms with E-state index in [1.165, 1.54) is 12.1 Å². The molecule has 0 amide bonds. The quantitative estimate of drug-likeness (QED) is 0.713. The molecular weight excluding hydrogens is 195 g/mol. The second-order valence-corrected chi connectivity index (χ2v) is 3.75. The minimum absolute atomic E-state index is 0.0181. The fraction of sp³-hybridized carbons (Fsp3) is 0.417. The average Bonchev–Trinajstić information content (AvgIpc) is 2.99. The Kier molecular flexibility index (Phi) is 2.71. The summed E-state index contributed by atoms with van der Waals surface area (Å²) in [7, 11) is 0. The van der Waals surface area contributed by atoms with E-state index < -0.39 is 0 Å². The number of rotatable bonds is 3. The van der Waals surface area contributed by atoms with Gasteiger partial charge in [0.25, 0.3) is 0 Å². The first-order valence-corrected chi connectivity index (χ1v) is 5.14. The monoisotopic (exact) mass is 208 g/mol. The summed E-state index contributed by atoms with van der Waals surface area (Å²) < 4.78 is 17.6. The van der Waals surface area contributed by atoms with Gasteiger partial charge in [-0.2, -0.15) is 0 Å². The third kappa shape index (κ3) is 2.17. The Labute approximate surface area is 88.1 Å². The highest BCUT2D eigenvalue weighted by atomic mass is 19.1. The lowest BCUT2D eigenvalue weighted by Crippen LogP contribution is -2.07. The van der Waals surface area contributed by atoms with Crippen LogP contribution in [-0.2, 0) is 9.53 Å². The lowest BCUT2D eigenvalue weighted by Gasteiger charge is -2.01. The molecular formula is C12H13FO2. The third-order valence-electron chi connectivity index (χ3n) is 2.68. The standard InChI is InChI=1S/C12H13FO2/c1-2-15-12(14)11-7-10(11)8-3-5-9(13)6-4-8/h3-6,10-11H,2,7H2,1H3/t10-,11-/m1/s1. The Morgan fingerprint density at radius 1 is 1.47 bits per heavy atom. The predicted octanol–water partition coefficient (Wildman–Crippen LogP) is 2.49. The van der Waals surface area contributed by atoms with Crippen LogP contribution in [0.1, 0.15) is 24.8 Å². The summed E-state index contributed by atoms with van der Waals surface area (Å²) >= 11 is 0. The molecule has 0 heterocycles. The molecule has 0 unspecified atom stereocenters. The van der Waals surface area contributed by atoms with Crippen LogP contribution in [0.5, 0.6) is 0 Å². The van der Waals surface area contributed by atoms with Gasteiger partial charge in [-0.25, -0.2) is 4.39 Å². The van der Waals surface area contributed by atoms with Crippen molar-refractivity contribution in [2.75, 3.05) is 6.61 Å². The molecule has 2 atom stereocenters. The summed E-state index contributed by atoms with van der Waals surface area (Å²) in [6, 6.07) is 6.32. The summed E-state index contributed by atoms with van der Waals surface area (Å²) in [5.41, 5.74) is 1.02. The van der Waals surface area contributed by atoms with Crippen LogP contribution in [0.15, 0.2) is 24.3 Å². The molecule has 1 saturated carbocycles. The lowest BCUT2D eigenvalue weighted by atomic mass is 10.1. The molecule has 0 radical (unpaired) electrons. The second-order valence-electron chi connectivity index (χ2n) is 3.75. The Bertz CT molecular complexity index is 358. The molecule has 0 aliphatic heterocycles. The van der Waals surface area contributed by atoms with Gasteiger partial charge in [0.1, 0.15) is 5.82 Å². The number of hydrogen-bond donors (Lipinski definition) is 0. The maximum absolute atomic E-state index is 12.7. The molecule has 3 heteroatoms. The first-order valence-electron chi connectivity index (χ1n) is 5.14. The molecule has 0 bridgehead atoms. The van der Waals surface area contributed by atoms with E-state index in [0.29, 0.717) is 6.61 Å². The van der Waals surface area contributed by atoms with Crippen molar-refractivity contribution >= 4 is 5.97 Å². The number of ether oxygens (including phenoxy) is 1. The molecule has 1 aromatic rings. The average molecular weight is 208 g/mol. The number of esters is 1. The molecule has 0 aromatic heterocycles. The van der Waals surface area contributed by atoms with Crippen LogP contribution in [-0.4, -0.2) is 12.6 Å². The Morgan fingerprint density at radius 2 is 2.13 bits per heavy atom. The third-order valence-corrected chi connectivity index (χ3v) is 2.68. The molecule has 2 nitrogen and oxygen atoms in total. The number of hydrogen-bond acceptors (Lipinski definition) is 2. The minimum Gasteiger partial charge on any atom is -0.466 e. The molecule has 1 aliphatic carbocycles. The maximum Gasteiger partial charge on any atom is 0.309 e. The van der Waals surface area contributed by atoms with Crippen LogP contribution in [0.3, 0.4) is 0 Å². The van der Waals surface area contributed by atoms with E-state index in [-0.39, 0.29) is 23.6 Å². The summed E-state index contributed by atoms with van der Waals surface area (Å²) in [5.74, 6) is -0.168. The zero-order valence-corrected chi connectivity index (χ0v) is 8.57. The highest BCUT2D eigenvalue weighted by Gasteiger charge is 2.44. The van der Waals surface area contributed by atoms with E-state index in [9.17, 15) is 9.18 Å². The van der Waals surface area contributed by atoms with Crippen LogP contribution in [0.25, 0.3) is 0 Å². The predicted molar refractivity (Wildman–Crippen MR) is 53.9 cm³/mol. The highest BCUT2D eigenvalue weighted by Crippen LogP contribution is 2.48. The van der Waals surface area contributed by atoms with Crippen molar-refractivity contribution in [2.24, 2.45) is 5.92 Å². The van der Waals surface area contributed by atoms with Crippen molar-refractivity contribution in [1.82, 2.24) is 0 Å². The highest BCUT2D eigenvalue weighted by molar-refractivity contribution is 5.77.